The summed E-state index contributed by atoms with van der Waals surface area (Å²) >= 11 is 0. The first-order valence-electron chi connectivity index (χ1n) is 9.08. The molecule has 0 atom stereocenters. The summed E-state index contributed by atoms with van der Waals surface area (Å²) < 4.78 is 5.31. The smallest absolute Gasteiger partial charge is 0.118 e. The molecule has 0 unspecified atom stereocenters. The Bertz CT molecular complexity index is 989. The summed E-state index contributed by atoms with van der Waals surface area (Å²) in [5.74, 6) is 0.858. The lowest BCUT2D eigenvalue weighted by Crippen LogP contribution is -2.20. The Morgan fingerprint density at radius 1 is 0.852 bits per heavy atom. The highest BCUT2D eigenvalue weighted by molar-refractivity contribution is 5.88. The summed E-state index contributed by atoms with van der Waals surface area (Å²) in [5, 5.41) is 6.68. The number of benzene rings is 3. The maximum Gasteiger partial charge on any atom is 0.118 e. The van der Waals surface area contributed by atoms with Gasteiger partial charge in [-0.2, -0.15) is 5.10 Å². The third kappa shape index (κ3) is 3.36. The normalized spacial score (nSPS) is 13.0. The lowest BCUT2D eigenvalue weighted by atomic mass is 9.93. The Hall–Kier alpha value is -3.33. The molecule has 1 aliphatic rings. The van der Waals surface area contributed by atoms with Gasteiger partial charge >= 0.3 is 0 Å². The Kier molecular flexibility index (Phi) is 4.75. The number of hydrogen-bond acceptors (Lipinski definition) is 3. The number of nitrogens with zero attached hydrogens (tertiary/aromatic N) is 2. The number of hydrazone groups is 1. The molecule has 3 heteroatoms. The van der Waals surface area contributed by atoms with Crippen molar-refractivity contribution in [3.8, 4) is 28.0 Å². The van der Waals surface area contributed by atoms with Crippen molar-refractivity contribution < 1.29 is 4.74 Å². The third-order valence-corrected chi connectivity index (χ3v) is 4.88. The standard InChI is InChI=1S/C24H22N2O/c1-18-22(19-8-4-3-5-9-19)14-15-23(20-10-12-21(27-2)13-11-20)24(18)26-17-7-6-16-25-26/h3-16H,17H2,1-2H3. The van der Waals surface area contributed by atoms with E-state index in [9.17, 15) is 0 Å². The number of rotatable bonds is 4. The third-order valence-electron chi connectivity index (χ3n) is 4.88. The molecule has 1 heterocycles. The minimum absolute atomic E-state index is 0.763. The van der Waals surface area contributed by atoms with Crippen molar-refractivity contribution in [2.75, 3.05) is 18.7 Å². The average Bonchev–Trinajstić information content (AvgIpc) is 2.75. The molecule has 27 heavy (non-hydrogen) atoms. The van der Waals surface area contributed by atoms with Gasteiger partial charge in [0.25, 0.3) is 0 Å². The van der Waals surface area contributed by atoms with Gasteiger partial charge in [-0.1, -0.05) is 60.7 Å². The molecule has 134 valence electrons. The number of ether oxygens (including phenoxy) is 1. The molecule has 0 saturated carbocycles. The quantitative estimate of drug-likeness (QED) is 0.600. The van der Waals surface area contributed by atoms with E-state index in [1.165, 1.54) is 22.3 Å². The first kappa shape index (κ1) is 17.1. The van der Waals surface area contributed by atoms with Crippen LogP contribution in [0.15, 0.2) is 84.0 Å². The Balaban J connectivity index is 1.88. The first-order valence-corrected chi connectivity index (χ1v) is 9.08. The van der Waals surface area contributed by atoms with Gasteiger partial charge in [-0.3, -0.25) is 5.01 Å². The Labute approximate surface area is 160 Å². The highest BCUT2D eigenvalue weighted by Crippen LogP contribution is 2.40. The van der Waals surface area contributed by atoms with E-state index in [1.54, 1.807) is 7.11 Å². The summed E-state index contributed by atoms with van der Waals surface area (Å²) in [7, 11) is 1.69. The van der Waals surface area contributed by atoms with Gasteiger partial charge in [-0.15, -0.1) is 0 Å². The van der Waals surface area contributed by atoms with Crippen molar-refractivity contribution in [1.29, 1.82) is 0 Å². The van der Waals surface area contributed by atoms with Gasteiger partial charge in [0.2, 0.25) is 0 Å². The number of hydrogen-bond donors (Lipinski definition) is 0. The molecule has 0 fully saturated rings. The fraction of sp³-hybridized carbons (Fsp3) is 0.125. The van der Waals surface area contributed by atoms with Crippen LogP contribution in [0, 0.1) is 6.92 Å². The SMILES string of the molecule is COc1ccc(-c2ccc(-c3ccccc3)c(C)c2N2CC=CC=N2)cc1. The van der Waals surface area contributed by atoms with Crippen molar-refractivity contribution in [2.24, 2.45) is 5.10 Å². The fourth-order valence-corrected chi connectivity index (χ4v) is 3.50. The van der Waals surface area contributed by atoms with Crippen LogP contribution < -0.4 is 9.75 Å². The molecule has 0 aliphatic carbocycles. The van der Waals surface area contributed by atoms with E-state index in [0.717, 1.165) is 23.5 Å². The van der Waals surface area contributed by atoms with E-state index in [0.29, 0.717) is 0 Å². The molecule has 3 aromatic rings. The summed E-state index contributed by atoms with van der Waals surface area (Å²) in [6.45, 7) is 2.94. The largest absolute Gasteiger partial charge is 0.497 e. The van der Waals surface area contributed by atoms with E-state index in [-0.39, 0.29) is 0 Å². The van der Waals surface area contributed by atoms with Crippen molar-refractivity contribution in [3.63, 3.8) is 0 Å². The molecule has 0 amide bonds. The van der Waals surface area contributed by atoms with Crippen LogP contribution in [0.3, 0.4) is 0 Å². The van der Waals surface area contributed by atoms with Gasteiger partial charge < -0.3 is 4.74 Å². The summed E-state index contributed by atoms with van der Waals surface area (Å²) in [5.41, 5.74) is 7.13. The Morgan fingerprint density at radius 2 is 1.56 bits per heavy atom. The lowest BCUT2D eigenvalue weighted by Gasteiger charge is -2.26. The predicted octanol–water partition coefficient (Wildman–Crippen LogP) is 5.70. The maximum absolute atomic E-state index is 5.31. The average molecular weight is 354 g/mol. The van der Waals surface area contributed by atoms with Crippen LogP contribution in [0.1, 0.15) is 5.56 Å². The van der Waals surface area contributed by atoms with Crippen molar-refractivity contribution in [2.45, 2.75) is 6.92 Å². The number of methoxy groups -OCH3 is 1. The molecule has 1 aliphatic heterocycles. The van der Waals surface area contributed by atoms with E-state index >= 15 is 0 Å². The minimum atomic E-state index is 0.763. The zero-order valence-corrected chi connectivity index (χ0v) is 15.6. The van der Waals surface area contributed by atoms with Gasteiger partial charge in [-0.05, 0) is 47.4 Å². The highest BCUT2D eigenvalue weighted by atomic mass is 16.5. The summed E-state index contributed by atoms with van der Waals surface area (Å²) in [4.78, 5) is 0. The van der Waals surface area contributed by atoms with Crippen LogP contribution in [0.25, 0.3) is 22.3 Å². The molecule has 0 saturated heterocycles. The predicted molar refractivity (Wildman–Crippen MR) is 114 cm³/mol. The molecule has 0 aromatic heterocycles. The molecule has 0 N–H and O–H groups in total. The van der Waals surface area contributed by atoms with Gasteiger partial charge in [0.15, 0.2) is 0 Å². The highest BCUT2D eigenvalue weighted by Gasteiger charge is 2.18. The van der Waals surface area contributed by atoms with Crippen LogP contribution in [0.5, 0.6) is 5.75 Å². The van der Waals surface area contributed by atoms with E-state index in [4.69, 9.17) is 4.74 Å². The molecule has 4 rings (SSSR count). The van der Waals surface area contributed by atoms with Crippen LogP contribution in [-0.4, -0.2) is 19.9 Å². The van der Waals surface area contributed by atoms with E-state index in [2.05, 4.69) is 71.6 Å². The van der Waals surface area contributed by atoms with Crippen molar-refractivity contribution in [3.05, 3.63) is 84.4 Å². The van der Waals surface area contributed by atoms with E-state index < -0.39 is 0 Å². The lowest BCUT2D eigenvalue weighted by molar-refractivity contribution is 0.415. The van der Waals surface area contributed by atoms with Crippen LogP contribution in [0.4, 0.5) is 5.69 Å². The molecule has 0 spiro atoms. The van der Waals surface area contributed by atoms with Gasteiger partial charge in [-0.25, -0.2) is 0 Å². The maximum atomic E-state index is 5.31. The fourth-order valence-electron chi connectivity index (χ4n) is 3.50. The summed E-state index contributed by atoms with van der Waals surface area (Å²) in [6, 6.07) is 23.1. The van der Waals surface area contributed by atoms with Crippen molar-refractivity contribution >= 4 is 11.9 Å². The van der Waals surface area contributed by atoms with Crippen LogP contribution in [0.2, 0.25) is 0 Å². The summed E-state index contributed by atoms with van der Waals surface area (Å²) in [6.07, 6.45) is 5.95. The minimum Gasteiger partial charge on any atom is -0.497 e. The molecule has 3 aromatic carbocycles. The topological polar surface area (TPSA) is 24.8 Å². The second-order valence-electron chi connectivity index (χ2n) is 6.50. The van der Waals surface area contributed by atoms with E-state index in [1.807, 2.05) is 30.5 Å². The molecule has 3 nitrogen and oxygen atoms in total. The molecule has 0 radical (unpaired) electrons. The van der Waals surface area contributed by atoms with Gasteiger partial charge in [0.05, 0.1) is 19.3 Å². The van der Waals surface area contributed by atoms with Crippen LogP contribution in [-0.2, 0) is 0 Å². The van der Waals surface area contributed by atoms with Crippen molar-refractivity contribution in [1.82, 2.24) is 0 Å². The molecular formula is C24H22N2O. The monoisotopic (exact) mass is 354 g/mol. The second-order valence-corrected chi connectivity index (χ2v) is 6.50. The van der Waals surface area contributed by atoms with Gasteiger partial charge in [0.1, 0.15) is 5.75 Å². The number of anilines is 1. The zero-order chi connectivity index (χ0) is 18.6. The molecule has 0 bridgehead atoms. The molecular weight excluding hydrogens is 332 g/mol. The Morgan fingerprint density at radius 3 is 2.22 bits per heavy atom. The second kappa shape index (κ2) is 7.50. The number of allylic oxidation sites excluding steroid dienone is 1. The first-order chi connectivity index (χ1) is 13.3. The van der Waals surface area contributed by atoms with Crippen LogP contribution >= 0.6 is 0 Å². The van der Waals surface area contributed by atoms with Gasteiger partial charge in [0, 0.05) is 11.8 Å². The zero-order valence-electron chi connectivity index (χ0n) is 15.6.